The molecule has 5 nitrogen and oxygen atoms in total. The molecular formula is C16H15IN2O3. The summed E-state index contributed by atoms with van der Waals surface area (Å²) in [6, 6.07) is 16.0. The zero-order chi connectivity index (χ0) is 15.9. The molecule has 2 rings (SSSR count). The lowest BCUT2D eigenvalue weighted by Crippen LogP contribution is -2.19. The molecule has 114 valence electrons. The van der Waals surface area contributed by atoms with Crippen molar-refractivity contribution in [2.24, 2.45) is 0 Å². The molecule has 6 heteroatoms. The predicted molar refractivity (Wildman–Crippen MR) is 94.7 cm³/mol. The number of para-hydroxylation sites is 1. The third-order valence-electron chi connectivity index (χ3n) is 2.93. The van der Waals surface area contributed by atoms with Crippen molar-refractivity contribution in [1.82, 2.24) is 0 Å². The Labute approximate surface area is 141 Å². The maximum absolute atomic E-state index is 11.8. The number of carboxylic acid groups (broad SMARTS) is 1. The SMILES string of the molecule is O=C(Nc1ccccc1)Nc1ccc(C[C@@H](I)C(=O)O)cc1. The number of nitrogens with one attached hydrogen (secondary N) is 2. The standard InChI is InChI=1S/C16H15IN2O3/c17-14(15(20)21)10-11-6-8-13(9-7-11)19-16(22)18-12-4-2-1-3-5-12/h1-9,14H,10H2,(H,20,21)(H2,18,19,22)/t14-/m1/s1. The lowest BCUT2D eigenvalue weighted by molar-refractivity contribution is -0.135. The number of carbonyl (C=O) groups is 2. The normalized spacial score (nSPS) is 11.5. The maximum Gasteiger partial charge on any atom is 0.323 e. The molecule has 3 N–H and O–H groups in total. The molecule has 0 aliphatic carbocycles. The fraction of sp³-hybridized carbons (Fsp3) is 0.125. The van der Waals surface area contributed by atoms with Gasteiger partial charge in [0, 0.05) is 11.4 Å². The first-order chi connectivity index (χ1) is 10.5. The van der Waals surface area contributed by atoms with E-state index in [9.17, 15) is 9.59 Å². The van der Waals surface area contributed by atoms with Crippen molar-refractivity contribution in [3.8, 4) is 0 Å². The number of anilines is 2. The van der Waals surface area contributed by atoms with E-state index in [0.717, 1.165) is 5.56 Å². The van der Waals surface area contributed by atoms with E-state index < -0.39 is 9.89 Å². The van der Waals surface area contributed by atoms with E-state index in [0.29, 0.717) is 17.8 Å². The quantitative estimate of drug-likeness (QED) is 0.519. The van der Waals surface area contributed by atoms with Gasteiger partial charge in [-0.15, -0.1) is 0 Å². The van der Waals surface area contributed by atoms with Crippen LogP contribution >= 0.6 is 22.6 Å². The molecule has 0 heterocycles. The number of carboxylic acids is 1. The highest BCUT2D eigenvalue weighted by Gasteiger charge is 2.13. The molecule has 0 aliphatic rings. The van der Waals surface area contributed by atoms with Crippen LogP contribution in [0.3, 0.4) is 0 Å². The summed E-state index contributed by atoms with van der Waals surface area (Å²) in [6.07, 6.45) is 0.451. The third-order valence-corrected chi connectivity index (χ3v) is 3.90. The molecule has 2 amide bonds. The molecule has 0 aromatic heterocycles. The van der Waals surface area contributed by atoms with Crippen LogP contribution in [0.1, 0.15) is 5.56 Å². The van der Waals surface area contributed by atoms with Crippen LogP contribution < -0.4 is 10.6 Å². The van der Waals surface area contributed by atoms with Gasteiger partial charge < -0.3 is 15.7 Å². The highest BCUT2D eigenvalue weighted by molar-refractivity contribution is 14.1. The molecule has 0 unspecified atom stereocenters. The second kappa shape index (κ2) is 7.79. The van der Waals surface area contributed by atoms with Gasteiger partial charge in [0.1, 0.15) is 3.92 Å². The van der Waals surface area contributed by atoms with Gasteiger partial charge >= 0.3 is 12.0 Å². The number of benzene rings is 2. The Hall–Kier alpha value is -2.09. The molecule has 0 aliphatic heterocycles. The smallest absolute Gasteiger partial charge is 0.323 e. The number of hydrogen-bond acceptors (Lipinski definition) is 2. The van der Waals surface area contributed by atoms with E-state index in [2.05, 4.69) is 10.6 Å². The Kier molecular flexibility index (Phi) is 5.76. The van der Waals surface area contributed by atoms with Crippen molar-refractivity contribution in [1.29, 1.82) is 0 Å². The largest absolute Gasteiger partial charge is 0.480 e. The van der Waals surface area contributed by atoms with E-state index in [1.54, 1.807) is 24.3 Å². The van der Waals surface area contributed by atoms with Crippen molar-refractivity contribution >= 4 is 46.0 Å². The van der Waals surface area contributed by atoms with E-state index in [1.807, 2.05) is 52.9 Å². The van der Waals surface area contributed by atoms with Gasteiger partial charge in [0.15, 0.2) is 0 Å². The van der Waals surface area contributed by atoms with Gasteiger partial charge in [0.05, 0.1) is 0 Å². The van der Waals surface area contributed by atoms with Crippen molar-refractivity contribution < 1.29 is 14.7 Å². The minimum atomic E-state index is -0.829. The average Bonchev–Trinajstić information content (AvgIpc) is 2.50. The lowest BCUT2D eigenvalue weighted by Gasteiger charge is -2.09. The Morgan fingerprint density at radius 2 is 1.50 bits per heavy atom. The van der Waals surface area contributed by atoms with Gasteiger partial charge in [-0.3, -0.25) is 4.79 Å². The summed E-state index contributed by atoms with van der Waals surface area (Å²) in [4.78, 5) is 22.6. The second-order valence-corrected chi connectivity index (χ2v) is 6.16. The van der Waals surface area contributed by atoms with Crippen LogP contribution in [-0.2, 0) is 11.2 Å². The highest BCUT2D eigenvalue weighted by atomic mass is 127. The van der Waals surface area contributed by atoms with Crippen molar-refractivity contribution in [2.45, 2.75) is 10.3 Å². The number of halogens is 1. The van der Waals surface area contributed by atoms with E-state index >= 15 is 0 Å². The Balaban J connectivity index is 1.91. The molecule has 0 bridgehead atoms. The first-order valence-corrected chi connectivity index (χ1v) is 7.88. The molecular weight excluding hydrogens is 395 g/mol. The van der Waals surface area contributed by atoms with Crippen molar-refractivity contribution in [3.63, 3.8) is 0 Å². The zero-order valence-electron chi connectivity index (χ0n) is 11.6. The number of aliphatic carboxylic acids is 1. The van der Waals surface area contributed by atoms with Crippen LogP contribution in [0, 0.1) is 0 Å². The first-order valence-electron chi connectivity index (χ1n) is 6.63. The van der Waals surface area contributed by atoms with E-state index in [-0.39, 0.29) is 6.03 Å². The molecule has 0 fully saturated rings. The van der Waals surface area contributed by atoms with E-state index in [4.69, 9.17) is 5.11 Å². The Morgan fingerprint density at radius 1 is 0.955 bits per heavy atom. The summed E-state index contributed by atoms with van der Waals surface area (Å²) in [5.74, 6) is -0.829. The van der Waals surface area contributed by atoms with Crippen LogP contribution in [0.15, 0.2) is 54.6 Å². The fourth-order valence-corrected chi connectivity index (χ4v) is 2.34. The molecule has 1 atom stereocenters. The topological polar surface area (TPSA) is 78.4 Å². The van der Waals surface area contributed by atoms with Gasteiger partial charge in [-0.1, -0.05) is 52.9 Å². The number of hydrogen-bond donors (Lipinski definition) is 3. The zero-order valence-corrected chi connectivity index (χ0v) is 13.8. The second-order valence-electron chi connectivity index (χ2n) is 4.65. The predicted octanol–water partition coefficient (Wildman–Crippen LogP) is 3.76. The van der Waals surface area contributed by atoms with Crippen LogP contribution in [0.25, 0.3) is 0 Å². The number of rotatable bonds is 5. The third kappa shape index (κ3) is 5.03. The van der Waals surface area contributed by atoms with Crippen LogP contribution in [0.2, 0.25) is 0 Å². The molecule has 2 aromatic carbocycles. The minimum Gasteiger partial charge on any atom is -0.480 e. The summed E-state index contributed by atoms with van der Waals surface area (Å²) in [5.41, 5.74) is 2.28. The maximum atomic E-state index is 11.8. The summed E-state index contributed by atoms with van der Waals surface area (Å²) in [7, 11) is 0. The molecule has 22 heavy (non-hydrogen) atoms. The molecule has 0 spiro atoms. The summed E-state index contributed by atoms with van der Waals surface area (Å²) >= 11 is 1.90. The fourth-order valence-electron chi connectivity index (χ4n) is 1.83. The van der Waals surface area contributed by atoms with Crippen LogP contribution in [0.5, 0.6) is 0 Å². The highest BCUT2D eigenvalue weighted by Crippen LogP contribution is 2.15. The van der Waals surface area contributed by atoms with Gasteiger partial charge in [-0.05, 0) is 36.2 Å². The summed E-state index contributed by atoms with van der Waals surface area (Å²) in [5, 5.41) is 14.3. The molecule has 2 aromatic rings. The first kappa shape index (κ1) is 16.3. The average molecular weight is 410 g/mol. The molecule has 0 radical (unpaired) electrons. The van der Waals surface area contributed by atoms with Crippen molar-refractivity contribution in [3.05, 3.63) is 60.2 Å². The number of urea groups is 1. The molecule has 0 saturated carbocycles. The van der Waals surface area contributed by atoms with Crippen LogP contribution in [-0.4, -0.2) is 21.0 Å². The minimum absolute atomic E-state index is 0.323. The monoisotopic (exact) mass is 410 g/mol. The van der Waals surface area contributed by atoms with Crippen molar-refractivity contribution in [2.75, 3.05) is 10.6 Å². The number of amides is 2. The number of alkyl halides is 1. The summed E-state index contributed by atoms with van der Waals surface area (Å²) in [6.45, 7) is 0. The van der Waals surface area contributed by atoms with Gasteiger partial charge in [-0.25, -0.2) is 4.79 Å². The van der Waals surface area contributed by atoms with Gasteiger partial charge in [0.25, 0.3) is 0 Å². The van der Waals surface area contributed by atoms with Gasteiger partial charge in [0.2, 0.25) is 0 Å². The van der Waals surface area contributed by atoms with Gasteiger partial charge in [-0.2, -0.15) is 0 Å². The Bertz CT molecular complexity index is 644. The summed E-state index contributed by atoms with van der Waals surface area (Å²) < 4.78 is -0.460. The van der Waals surface area contributed by atoms with E-state index in [1.165, 1.54) is 0 Å². The molecule has 0 saturated heterocycles. The lowest BCUT2D eigenvalue weighted by atomic mass is 10.1. The van der Waals surface area contributed by atoms with Crippen LogP contribution in [0.4, 0.5) is 16.2 Å². The number of carbonyl (C=O) groups excluding carboxylic acids is 1. The Morgan fingerprint density at radius 3 is 2.05 bits per heavy atom.